The van der Waals surface area contributed by atoms with Gasteiger partial charge in [0.05, 0.1) is 16.3 Å². The summed E-state index contributed by atoms with van der Waals surface area (Å²) < 4.78 is 10.0. The average molecular weight is 296 g/mol. The molecule has 7 heteroatoms. The summed E-state index contributed by atoms with van der Waals surface area (Å²) in [6.07, 6.45) is 0. The quantitative estimate of drug-likeness (QED) is 0.689. The summed E-state index contributed by atoms with van der Waals surface area (Å²) in [7, 11) is 0. The molecule has 1 aromatic heterocycles. The average Bonchev–Trinajstić information content (AvgIpc) is 2.88. The summed E-state index contributed by atoms with van der Waals surface area (Å²) in [5.74, 6) is 0.363. The Morgan fingerprint density at radius 2 is 2.25 bits per heavy atom. The van der Waals surface area contributed by atoms with Gasteiger partial charge in [0.2, 0.25) is 0 Å². The lowest BCUT2D eigenvalue weighted by atomic mass is 10.2. The van der Waals surface area contributed by atoms with Gasteiger partial charge < -0.3 is 15.0 Å². The minimum absolute atomic E-state index is 0.107. The largest absolute Gasteiger partial charge is 0.452 e. The van der Waals surface area contributed by atoms with E-state index < -0.39 is 5.97 Å². The molecule has 2 N–H and O–H groups in total. The first-order chi connectivity index (χ1) is 9.49. The molecule has 106 valence electrons. The highest BCUT2D eigenvalue weighted by Gasteiger charge is 2.16. The van der Waals surface area contributed by atoms with Gasteiger partial charge in [0.25, 0.3) is 5.89 Å². The van der Waals surface area contributed by atoms with E-state index in [9.17, 15) is 4.79 Å². The summed E-state index contributed by atoms with van der Waals surface area (Å²) in [5.41, 5.74) is 6.11. The Hall–Kier alpha value is -2.08. The molecule has 20 heavy (non-hydrogen) atoms. The van der Waals surface area contributed by atoms with E-state index in [4.69, 9.17) is 26.6 Å². The van der Waals surface area contributed by atoms with Crippen LogP contribution in [-0.4, -0.2) is 16.1 Å². The highest BCUT2D eigenvalue weighted by atomic mass is 35.5. The van der Waals surface area contributed by atoms with Crippen LogP contribution in [0.1, 0.15) is 41.8 Å². The van der Waals surface area contributed by atoms with Crippen molar-refractivity contribution in [2.24, 2.45) is 0 Å². The van der Waals surface area contributed by atoms with Gasteiger partial charge in [-0.25, -0.2) is 4.79 Å². The van der Waals surface area contributed by atoms with Crippen molar-refractivity contribution >= 4 is 23.3 Å². The van der Waals surface area contributed by atoms with Gasteiger partial charge in [0.1, 0.15) is 0 Å². The number of nitrogens with zero attached hydrogens (tertiary/aromatic N) is 2. The minimum Gasteiger partial charge on any atom is -0.452 e. The van der Waals surface area contributed by atoms with Crippen LogP contribution in [0, 0.1) is 0 Å². The van der Waals surface area contributed by atoms with Crippen LogP contribution < -0.4 is 5.73 Å². The molecule has 6 nitrogen and oxygen atoms in total. The molecule has 0 aliphatic rings. The highest BCUT2D eigenvalue weighted by Crippen LogP contribution is 2.23. The van der Waals surface area contributed by atoms with Crippen LogP contribution in [0.15, 0.2) is 22.7 Å². The summed E-state index contributed by atoms with van der Waals surface area (Å²) in [6.45, 7) is 3.77. The maximum absolute atomic E-state index is 11.9. The first-order valence-electron chi connectivity index (χ1n) is 6.02. The van der Waals surface area contributed by atoms with Crippen molar-refractivity contribution in [2.45, 2.75) is 26.4 Å². The fraction of sp³-hybridized carbons (Fsp3) is 0.308. The third kappa shape index (κ3) is 3.08. The number of nitrogen functional groups attached to an aromatic ring is 1. The standard InChI is InChI=1S/C13H14ClN3O3/c1-7(2)12-16-10(20-17-12)6-19-13(18)8-4-3-5-9(14)11(8)15/h3-5,7H,6,15H2,1-2H3. The topological polar surface area (TPSA) is 91.2 Å². The van der Waals surface area contributed by atoms with E-state index in [1.165, 1.54) is 6.07 Å². The number of carbonyl (C=O) groups is 1. The Labute approximate surface area is 120 Å². The molecule has 2 rings (SSSR count). The second-order valence-corrected chi connectivity index (χ2v) is 4.89. The van der Waals surface area contributed by atoms with Crippen LogP contribution in [0.4, 0.5) is 5.69 Å². The number of hydrogen-bond donors (Lipinski definition) is 1. The summed E-state index contributed by atoms with van der Waals surface area (Å²) in [6, 6.07) is 4.76. The minimum atomic E-state index is -0.589. The zero-order valence-electron chi connectivity index (χ0n) is 11.1. The van der Waals surface area contributed by atoms with Crippen molar-refractivity contribution in [3.63, 3.8) is 0 Å². The van der Waals surface area contributed by atoms with Crippen molar-refractivity contribution in [1.82, 2.24) is 10.1 Å². The zero-order valence-corrected chi connectivity index (χ0v) is 11.8. The van der Waals surface area contributed by atoms with Gasteiger partial charge in [-0.2, -0.15) is 4.98 Å². The third-order valence-electron chi connectivity index (χ3n) is 2.60. The summed E-state index contributed by atoms with van der Waals surface area (Å²) in [5, 5.41) is 4.08. The molecular weight excluding hydrogens is 282 g/mol. The first kappa shape index (κ1) is 14.3. The van der Waals surface area contributed by atoms with E-state index in [-0.39, 0.29) is 29.7 Å². The molecule has 1 heterocycles. The van der Waals surface area contributed by atoms with Gasteiger partial charge in [-0.15, -0.1) is 0 Å². The lowest BCUT2D eigenvalue weighted by Gasteiger charge is -2.06. The third-order valence-corrected chi connectivity index (χ3v) is 2.93. The van der Waals surface area contributed by atoms with Crippen molar-refractivity contribution in [3.05, 3.63) is 40.5 Å². The number of hydrogen-bond acceptors (Lipinski definition) is 6. The van der Waals surface area contributed by atoms with E-state index in [1.54, 1.807) is 12.1 Å². The lowest BCUT2D eigenvalue weighted by Crippen LogP contribution is -2.08. The van der Waals surface area contributed by atoms with Gasteiger partial charge in [-0.1, -0.05) is 36.7 Å². The normalized spacial score (nSPS) is 10.8. The van der Waals surface area contributed by atoms with E-state index in [1.807, 2.05) is 13.8 Å². The number of rotatable bonds is 4. The van der Waals surface area contributed by atoms with Gasteiger partial charge >= 0.3 is 5.97 Å². The van der Waals surface area contributed by atoms with E-state index in [2.05, 4.69) is 10.1 Å². The molecule has 0 bridgehead atoms. The zero-order chi connectivity index (χ0) is 14.7. The Bertz CT molecular complexity index is 625. The fourth-order valence-electron chi connectivity index (χ4n) is 1.48. The second-order valence-electron chi connectivity index (χ2n) is 4.48. The van der Waals surface area contributed by atoms with Crippen LogP contribution >= 0.6 is 11.6 Å². The molecule has 0 amide bonds. The van der Waals surface area contributed by atoms with Crippen molar-refractivity contribution in [3.8, 4) is 0 Å². The van der Waals surface area contributed by atoms with Crippen molar-refractivity contribution in [1.29, 1.82) is 0 Å². The van der Waals surface area contributed by atoms with E-state index >= 15 is 0 Å². The van der Waals surface area contributed by atoms with Crippen LogP contribution in [0.3, 0.4) is 0 Å². The molecule has 0 saturated carbocycles. The number of halogens is 1. The molecule has 1 aromatic carbocycles. The Morgan fingerprint density at radius 1 is 1.50 bits per heavy atom. The number of nitrogens with two attached hydrogens (primary N) is 1. The molecule has 2 aromatic rings. The monoisotopic (exact) mass is 295 g/mol. The number of ether oxygens (including phenoxy) is 1. The molecule has 0 fully saturated rings. The molecular formula is C13H14ClN3O3. The molecule has 0 spiro atoms. The number of benzene rings is 1. The molecule has 0 aliphatic heterocycles. The van der Waals surface area contributed by atoms with Crippen LogP contribution in [0.2, 0.25) is 5.02 Å². The highest BCUT2D eigenvalue weighted by molar-refractivity contribution is 6.33. The Balaban J connectivity index is 2.03. The molecule has 0 unspecified atom stereocenters. The molecule has 0 radical (unpaired) electrons. The second kappa shape index (κ2) is 5.92. The maximum Gasteiger partial charge on any atom is 0.340 e. The molecule has 0 saturated heterocycles. The number of esters is 1. The van der Waals surface area contributed by atoms with Crippen molar-refractivity contribution in [2.75, 3.05) is 5.73 Å². The van der Waals surface area contributed by atoms with Gasteiger partial charge in [0, 0.05) is 5.92 Å². The number of para-hydroxylation sites is 1. The van der Waals surface area contributed by atoms with Crippen LogP contribution in [-0.2, 0) is 11.3 Å². The van der Waals surface area contributed by atoms with E-state index in [0.717, 1.165) is 0 Å². The van der Waals surface area contributed by atoms with Gasteiger partial charge in [-0.05, 0) is 12.1 Å². The van der Waals surface area contributed by atoms with Crippen LogP contribution in [0.5, 0.6) is 0 Å². The Kier molecular flexibility index (Phi) is 4.24. The molecule has 0 aliphatic carbocycles. The lowest BCUT2D eigenvalue weighted by molar-refractivity contribution is 0.0431. The van der Waals surface area contributed by atoms with Gasteiger partial charge in [0.15, 0.2) is 12.4 Å². The predicted octanol–water partition coefficient (Wildman–Crippen LogP) is 2.79. The smallest absolute Gasteiger partial charge is 0.340 e. The Morgan fingerprint density at radius 3 is 2.90 bits per heavy atom. The first-order valence-corrected chi connectivity index (χ1v) is 6.40. The maximum atomic E-state index is 11.9. The number of carbonyl (C=O) groups excluding carboxylic acids is 1. The summed E-state index contributed by atoms with van der Waals surface area (Å²) in [4.78, 5) is 16.0. The fourth-order valence-corrected chi connectivity index (χ4v) is 1.66. The van der Waals surface area contributed by atoms with Crippen LogP contribution in [0.25, 0.3) is 0 Å². The number of aromatic nitrogens is 2. The SMILES string of the molecule is CC(C)c1noc(COC(=O)c2cccc(Cl)c2N)n1. The summed E-state index contributed by atoms with van der Waals surface area (Å²) >= 11 is 5.84. The molecule has 0 atom stereocenters. The van der Waals surface area contributed by atoms with Crippen molar-refractivity contribution < 1.29 is 14.1 Å². The van der Waals surface area contributed by atoms with E-state index in [0.29, 0.717) is 10.8 Å². The van der Waals surface area contributed by atoms with Gasteiger partial charge in [-0.3, -0.25) is 0 Å². The number of anilines is 1. The predicted molar refractivity (Wildman–Crippen MR) is 73.4 cm³/mol.